The number of piperidine rings is 1. The first-order valence-corrected chi connectivity index (χ1v) is 6.07. The van der Waals surface area contributed by atoms with Gasteiger partial charge < -0.3 is 15.4 Å². The maximum atomic E-state index is 7.60. The largest absolute Gasteiger partial charge is 0.384 e. The van der Waals surface area contributed by atoms with E-state index >= 15 is 0 Å². The third-order valence-corrected chi connectivity index (χ3v) is 3.19. The van der Waals surface area contributed by atoms with E-state index in [0.29, 0.717) is 11.4 Å². The van der Waals surface area contributed by atoms with Crippen LogP contribution in [0.25, 0.3) is 0 Å². The fraction of sp³-hybridized carbons (Fsp3) is 0.583. The normalized spacial score (nSPS) is 19.9. The molecule has 1 aliphatic rings. The van der Waals surface area contributed by atoms with Crippen LogP contribution < -0.4 is 10.6 Å². The van der Waals surface area contributed by atoms with Gasteiger partial charge in [-0.05, 0) is 19.8 Å². The minimum Gasteiger partial charge on any atom is -0.384 e. The number of hydrogen-bond donors (Lipinski definition) is 2. The van der Waals surface area contributed by atoms with E-state index in [0.717, 1.165) is 31.7 Å². The van der Waals surface area contributed by atoms with Crippen molar-refractivity contribution in [2.45, 2.75) is 25.9 Å². The van der Waals surface area contributed by atoms with Crippen LogP contribution in [0.3, 0.4) is 0 Å². The zero-order valence-electron chi connectivity index (χ0n) is 10.8. The molecule has 0 saturated carbocycles. The SMILES string of the molecule is COC1CCCN(c2nc(C)ncc2C(=N)N)C1. The van der Waals surface area contributed by atoms with Crippen molar-refractivity contribution in [3.8, 4) is 0 Å². The first-order chi connectivity index (χ1) is 8.61. The Morgan fingerprint density at radius 2 is 2.39 bits per heavy atom. The Balaban J connectivity index is 2.31. The van der Waals surface area contributed by atoms with Crippen LogP contribution in [0, 0.1) is 12.3 Å². The highest BCUT2D eigenvalue weighted by Crippen LogP contribution is 2.22. The van der Waals surface area contributed by atoms with Crippen molar-refractivity contribution >= 4 is 11.7 Å². The molecule has 0 amide bonds. The van der Waals surface area contributed by atoms with Crippen molar-refractivity contribution in [3.05, 3.63) is 17.6 Å². The average Bonchev–Trinajstić information content (AvgIpc) is 2.38. The monoisotopic (exact) mass is 249 g/mol. The number of aromatic nitrogens is 2. The Bertz CT molecular complexity index is 448. The molecule has 1 saturated heterocycles. The molecule has 6 heteroatoms. The average molecular weight is 249 g/mol. The number of nitrogens with two attached hydrogens (primary N) is 1. The summed E-state index contributed by atoms with van der Waals surface area (Å²) in [7, 11) is 1.73. The van der Waals surface area contributed by atoms with Gasteiger partial charge in [0.25, 0.3) is 0 Å². The molecule has 1 aliphatic heterocycles. The quantitative estimate of drug-likeness (QED) is 0.607. The molecule has 1 unspecified atom stereocenters. The first kappa shape index (κ1) is 12.8. The van der Waals surface area contributed by atoms with Crippen molar-refractivity contribution in [3.63, 3.8) is 0 Å². The lowest BCUT2D eigenvalue weighted by Crippen LogP contribution is -2.40. The zero-order valence-corrected chi connectivity index (χ0v) is 10.8. The first-order valence-electron chi connectivity index (χ1n) is 6.07. The smallest absolute Gasteiger partial charge is 0.143 e. The second-order valence-electron chi connectivity index (χ2n) is 4.51. The van der Waals surface area contributed by atoms with Gasteiger partial charge in [-0.25, -0.2) is 9.97 Å². The minimum absolute atomic E-state index is 0.00420. The molecule has 0 spiro atoms. The van der Waals surface area contributed by atoms with Gasteiger partial charge in [0.1, 0.15) is 17.5 Å². The molecule has 1 atom stereocenters. The summed E-state index contributed by atoms with van der Waals surface area (Å²) in [6.45, 7) is 3.54. The third-order valence-electron chi connectivity index (χ3n) is 3.19. The summed E-state index contributed by atoms with van der Waals surface area (Å²) in [4.78, 5) is 10.7. The predicted molar refractivity (Wildman–Crippen MR) is 70.0 cm³/mol. The fourth-order valence-corrected chi connectivity index (χ4v) is 2.21. The lowest BCUT2D eigenvalue weighted by Gasteiger charge is -2.33. The summed E-state index contributed by atoms with van der Waals surface area (Å²) in [5, 5.41) is 7.60. The summed E-state index contributed by atoms with van der Waals surface area (Å²) in [6, 6.07) is 0. The Hall–Kier alpha value is -1.69. The van der Waals surface area contributed by atoms with E-state index < -0.39 is 0 Å². The fourth-order valence-electron chi connectivity index (χ4n) is 2.21. The number of nitrogen functional groups attached to an aromatic ring is 1. The molecular formula is C12H19N5O. The number of methoxy groups -OCH3 is 1. The number of nitrogens with one attached hydrogen (secondary N) is 1. The number of amidine groups is 1. The van der Waals surface area contributed by atoms with E-state index in [4.69, 9.17) is 15.9 Å². The van der Waals surface area contributed by atoms with Gasteiger partial charge in [-0.2, -0.15) is 0 Å². The van der Waals surface area contributed by atoms with Gasteiger partial charge in [-0.3, -0.25) is 5.41 Å². The molecule has 2 heterocycles. The molecule has 6 nitrogen and oxygen atoms in total. The molecule has 1 aromatic rings. The number of anilines is 1. The van der Waals surface area contributed by atoms with Gasteiger partial charge in [0.05, 0.1) is 11.7 Å². The summed E-state index contributed by atoms with van der Waals surface area (Å²) in [6.07, 6.45) is 3.95. The third kappa shape index (κ3) is 2.59. The number of rotatable bonds is 3. The molecule has 0 radical (unpaired) electrons. The van der Waals surface area contributed by atoms with Crippen molar-refractivity contribution in [2.24, 2.45) is 5.73 Å². The Morgan fingerprint density at radius 3 is 3.06 bits per heavy atom. The highest BCUT2D eigenvalue weighted by molar-refractivity contribution is 5.99. The van der Waals surface area contributed by atoms with Gasteiger partial charge in [0.2, 0.25) is 0 Å². The summed E-state index contributed by atoms with van der Waals surface area (Å²) >= 11 is 0. The molecule has 3 N–H and O–H groups in total. The van der Waals surface area contributed by atoms with Crippen LogP contribution in [0.15, 0.2) is 6.20 Å². The Morgan fingerprint density at radius 1 is 1.61 bits per heavy atom. The molecule has 0 bridgehead atoms. The molecule has 18 heavy (non-hydrogen) atoms. The molecular weight excluding hydrogens is 230 g/mol. The van der Waals surface area contributed by atoms with E-state index in [1.807, 2.05) is 6.92 Å². The van der Waals surface area contributed by atoms with Crippen molar-refractivity contribution in [1.29, 1.82) is 5.41 Å². The van der Waals surface area contributed by atoms with Crippen LogP contribution in [0.2, 0.25) is 0 Å². The Labute approximate surface area is 107 Å². The summed E-state index contributed by atoms with van der Waals surface area (Å²) < 4.78 is 5.40. The minimum atomic E-state index is 0.00420. The van der Waals surface area contributed by atoms with E-state index in [-0.39, 0.29) is 11.9 Å². The van der Waals surface area contributed by atoms with E-state index in [9.17, 15) is 0 Å². The van der Waals surface area contributed by atoms with Gasteiger partial charge in [0.15, 0.2) is 0 Å². The number of hydrogen-bond acceptors (Lipinski definition) is 5. The Kier molecular flexibility index (Phi) is 3.76. The van der Waals surface area contributed by atoms with E-state index in [1.54, 1.807) is 13.3 Å². The molecule has 1 aromatic heterocycles. The second-order valence-corrected chi connectivity index (χ2v) is 4.51. The van der Waals surface area contributed by atoms with E-state index in [2.05, 4.69) is 14.9 Å². The molecule has 0 aromatic carbocycles. The highest BCUT2D eigenvalue weighted by atomic mass is 16.5. The lowest BCUT2D eigenvalue weighted by atomic mass is 10.1. The van der Waals surface area contributed by atoms with E-state index in [1.165, 1.54) is 0 Å². The molecule has 98 valence electrons. The molecule has 1 fully saturated rings. The van der Waals surface area contributed by atoms with Crippen molar-refractivity contribution in [1.82, 2.24) is 9.97 Å². The van der Waals surface area contributed by atoms with Crippen LogP contribution in [0.4, 0.5) is 5.82 Å². The van der Waals surface area contributed by atoms with Crippen LogP contribution in [-0.4, -0.2) is 42.1 Å². The maximum absolute atomic E-state index is 7.60. The predicted octanol–water partition coefficient (Wildman–Crippen LogP) is 0.684. The van der Waals surface area contributed by atoms with Crippen molar-refractivity contribution < 1.29 is 4.74 Å². The number of aryl methyl sites for hydroxylation is 1. The lowest BCUT2D eigenvalue weighted by molar-refractivity contribution is 0.0891. The van der Waals surface area contributed by atoms with Crippen LogP contribution in [-0.2, 0) is 4.74 Å². The molecule has 2 rings (SSSR count). The van der Waals surface area contributed by atoms with Crippen LogP contribution in [0.1, 0.15) is 24.2 Å². The van der Waals surface area contributed by atoms with Gasteiger partial charge in [-0.15, -0.1) is 0 Å². The van der Waals surface area contributed by atoms with Gasteiger partial charge >= 0.3 is 0 Å². The standard InChI is InChI=1S/C12H19N5O/c1-8-15-6-10(11(13)14)12(16-8)17-5-3-4-9(7-17)18-2/h6,9H,3-5,7H2,1-2H3,(H3,13,14). The van der Waals surface area contributed by atoms with Crippen molar-refractivity contribution in [2.75, 3.05) is 25.1 Å². The summed E-state index contributed by atoms with van der Waals surface area (Å²) in [5.41, 5.74) is 6.18. The number of ether oxygens (including phenoxy) is 1. The topological polar surface area (TPSA) is 88.1 Å². The van der Waals surface area contributed by atoms with Crippen LogP contribution >= 0.6 is 0 Å². The highest BCUT2D eigenvalue weighted by Gasteiger charge is 2.23. The summed E-state index contributed by atoms with van der Waals surface area (Å²) in [5.74, 6) is 1.44. The van der Waals surface area contributed by atoms with Gasteiger partial charge in [-0.1, -0.05) is 0 Å². The maximum Gasteiger partial charge on any atom is 0.143 e. The van der Waals surface area contributed by atoms with Gasteiger partial charge in [0, 0.05) is 26.4 Å². The zero-order chi connectivity index (χ0) is 13.1. The van der Waals surface area contributed by atoms with Crippen LogP contribution in [0.5, 0.6) is 0 Å². The molecule has 0 aliphatic carbocycles. The second kappa shape index (κ2) is 5.30. The number of nitrogens with zero attached hydrogens (tertiary/aromatic N) is 3.